The molecule has 4 bridgehead atoms. The fourth-order valence-corrected chi connectivity index (χ4v) is 18.6. The van der Waals surface area contributed by atoms with Crippen LogP contribution in [0.25, 0.3) is 0 Å². The highest BCUT2D eigenvalue weighted by Gasteiger charge is 2.71. The Labute approximate surface area is 513 Å². The lowest BCUT2D eigenvalue weighted by Gasteiger charge is -2.60. The van der Waals surface area contributed by atoms with E-state index >= 15 is 0 Å². The van der Waals surface area contributed by atoms with Gasteiger partial charge in [0.2, 0.25) is 17.3 Å². The van der Waals surface area contributed by atoms with E-state index in [9.17, 15) is 0 Å². The third kappa shape index (κ3) is 10.7. The minimum absolute atomic E-state index is 0.146. The lowest BCUT2D eigenvalue weighted by Crippen LogP contribution is -2.70. The number of benzene rings is 2. The Morgan fingerprint density at radius 2 is 1.15 bits per heavy atom. The minimum atomic E-state index is -0.779. The van der Waals surface area contributed by atoms with E-state index in [4.69, 9.17) is 59.6 Å². The van der Waals surface area contributed by atoms with Crippen LogP contribution in [0.3, 0.4) is 0 Å². The Hall–Kier alpha value is -3.24. The summed E-state index contributed by atoms with van der Waals surface area (Å²) in [6.45, 7) is 26.0. The molecule has 2 spiro atoms. The third-order valence-electron chi connectivity index (χ3n) is 23.3. The molecule has 0 N–H and O–H groups in total. The van der Waals surface area contributed by atoms with Crippen LogP contribution >= 0.6 is 11.6 Å². The van der Waals surface area contributed by atoms with Gasteiger partial charge in [0.05, 0.1) is 5.41 Å². The van der Waals surface area contributed by atoms with Gasteiger partial charge in [0.15, 0.2) is 42.1 Å². The Bertz CT molecular complexity index is 2950. The van der Waals surface area contributed by atoms with E-state index in [1.807, 2.05) is 13.8 Å². The molecule has 10 fully saturated rings. The van der Waals surface area contributed by atoms with Gasteiger partial charge in [0, 0.05) is 102 Å². The van der Waals surface area contributed by atoms with Crippen molar-refractivity contribution in [3.05, 3.63) is 106 Å². The molecule has 13 aliphatic rings. The number of halogens is 1. The molecule has 13 heteroatoms. The van der Waals surface area contributed by atoms with Crippen molar-refractivity contribution in [2.24, 2.45) is 47.3 Å². The predicted molar refractivity (Wildman–Crippen MR) is 331 cm³/mol. The molecule has 0 aromatic heterocycles. The molecule has 16 atom stereocenters. The van der Waals surface area contributed by atoms with Gasteiger partial charge in [-0.3, -0.25) is 0 Å². The molecule has 464 valence electrons. The number of hydrogen-bond acceptors (Lipinski definition) is 11. The molecule has 0 amide bonds. The normalized spacial score (nSPS) is 40.4. The molecule has 8 saturated heterocycles. The quantitative estimate of drug-likeness (QED) is 0.0764. The van der Waals surface area contributed by atoms with Crippen molar-refractivity contribution in [2.45, 2.75) is 250 Å². The number of nitrogens with zero attached hydrogens (tertiary/aromatic N) is 2. The first-order chi connectivity index (χ1) is 40.9. The highest BCUT2D eigenvalue weighted by atomic mass is 35.5. The van der Waals surface area contributed by atoms with Crippen LogP contribution < -0.4 is 4.90 Å². The smallest absolute Gasteiger partial charge is 0.209 e. The second kappa shape index (κ2) is 23.9. The second-order valence-corrected chi connectivity index (χ2v) is 29.7. The zero-order valence-electron chi connectivity index (χ0n) is 53.0. The number of unbranched alkanes of at least 4 members (excludes halogenated alkanes) is 6. The molecular formula is C72H100ClN2O10+. The first-order valence-electron chi connectivity index (χ1n) is 33.6. The molecule has 10 heterocycles. The zero-order chi connectivity index (χ0) is 59.1. The predicted octanol–water partition coefficient (Wildman–Crippen LogP) is 16.5. The number of para-hydroxylation sites is 2. The van der Waals surface area contributed by atoms with Crippen molar-refractivity contribution in [1.29, 1.82) is 0 Å². The summed E-state index contributed by atoms with van der Waals surface area (Å²) in [6, 6.07) is 18.0. The van der Waals surface area contributed by atoms with Gasteiger partial charge in [-0.2, -0.15) is 4.58 Å². The fraction of sp³-hybridized carbons (Fsp3) is 0.708. The van der Waals surface area contributed by atoms with Crippen LogP contribution in [0.15, 0.2) is 94.7 Å². The molecule has 2 aromatic rings. The van der Waals surface area contributed by atoms with Gasteiger partial charge in [0.1, 0.15) is 6.54 Å². The van der Waals surface area contributed by atoms with Crippen LogP contribution in [0.4, 0.5) is 11.4 Å². The molecule has 10 aliphatic heterocycles. The number of fused-ring (bicyclic) bond motifs is 6. The molecule has 12 nitrogen and oxygen atoms in total. The van der Waals surface area contributed by atoms with E-state index in [0.29, 0.717) is 36.9 Å². The van der Waals surface area contributed by atoms with Crippen molar-refractivity contribution < 1.29 is 52.5 Å². The molecule has 2 aromatic carbocycles. The highest BCUT2D eigenvalue weighted by Crippen LogP contribution is 2.63. The van der Waals surface area contributed by atoms with Crippen molar-refractivity contribution in [1.82, 2.24) is 0 Å². The number of hydrogen-bond donors (Lipinski definition) is 0. The maximum absolute atomic E-state index is 7.51. The standard InChI is InChI=1S/C72H100ClN2O10/c1-46-30-34-54-48(3)63(78-65-71(54)52(46)38-40-69(9,80-65)82-84-71)76-44-21-13-11-19-42-74-58-28-17-15-26-56(58)67(5,6)60(74)36-32-50-24-23-25-51(62(50)73)33-37-61-68(7,8)57-27-16-18-29-59(57)75(61)43-20-12-14-22-45-77-64-49(4)55-35-31-47(2)53-39-41-70(10)81-66(79-64)72(53,55)85-83-70/h15-18,26-29,32-33,36-37,46-49,52-55,63-66H,11-14,19-25,30-31,34-35,38-45H2,1-10H3/q+1/t46-,47-,48-,49-,52+,53+,54+,55+,63?,64?,65-,66-,69-,70-,71-,72-/m0/s1. The van der Waals surface area contributed by atoms with Gasteiger partial charge in [-0.05, 0) is 164 Å². The maximum atomic E-state index is 7.51. The Kier molecular flexibility index (Phi) is 17.0. The molecule has 0 radical (unpaired) electrons. The zero-order valence-corrected chi connectivity index (χ0v) is 53.7. The van der Waals surface area contributed by atoms with E-state index in [1.165, 1.54) is 57.9 Å². The summed E-state index contributed by atoms with van der Waals surface area (Å²) in [5, 5.41) is 0.899. The van der Waals surface area contributed by atoms with Crippen molar-refractivity contribution in [3.63, 3.8) is 0 Å². The Morgan fingerprint density at radius 3 is 1.78 bits per heavy atom. The van der Waals surface area contributed by atoms with Gasteiger partial charge in [-0.15, -0.1) is 0 Å². The molecular weight excluding hydrogens is 1090 g/mol. The topological polar surface area (TPSA) is 98.6 Å². The van der Waals surface area contributed by atoms with Crippen LogP contribution in [-0.4, -0.2) is 84.5 Å². The van der Waals surface area contributed by atoms with Gasteiger partial charge >= 0.3 is 0 Å². The minimum Gasteiger partial charge on any atom is -0.352 e. The molecule has 3 aliphatic carbocycles. The first-order valence-corrected chi connectivity index (χ1v) is 34.0. The average molecular weight is 1190 g/mol. The Morgan fingerprint density at radius 1 is 0.588 bits per heavy atom. The average Bonchev–Trinajstić information content (AvgIpc) is 1.83. The van der Waals surface area contributed by atoms with Gasteiger partial charge < -0.3 is 33.3 Å². The van der Waals surface area contributed by atoms with Gasteiger partial charge in [0.25, 0.3) is 0 Å². The van der Waals surface area contributed by atoms with E-state index in [2.05, 4.69) is 138 Å². The van der Waals surface area contributed by atoms with Gasteiger partial charge in [-0.25, -0.2) is 19.6 Å². The highest BCUT2D eigenvalue weighted by molar-refractivity contribution is 6.32. The van der Waals surface area contributed by atoms with Gasteiger partial charge in [-0.1, -0.05) is 121 Å². The van der Waals surface area contributed by atoms with Crippen LogP contribution in [-0.2, 0) is 58.8 Å². The fourth-order valence-electron chi connectivity index (χ4n) is 18.3. The lowest BCUT2D eigenvalue weighted by atomic mass is 9.58. The molecule has 2 unspecified atom stereocenters. The summed E-state index contributed by atoms with van der Waals surface area (Å²) >= 11 is 7.51. The number of rotatable bonds is 19. The molecule has 85 heavy (non-hydrogen) atoms. The maximum Gasteiger partial charge on any atom is 0.209 e. The Balaban J connectivity index is 0.623. The monoisotopic (exact) mass is 1190 g/mol. The third-order valence-corrected chi connectivity index (χ3v) is 23.7. The van der Waals surface area contributed by atoms with Crippen molar-refractivity contribution >= 4 is 28.7 Å². The number of ether oxygens (including phenoxy) is 6. The second-order valence-electron chi connectivity index (χ2n) is 29.4. The summed E-state index contributed by atoms with van der Waals surface area (Å²) in [7, 11) is 0. The summed E-state index contributed by atoms with van der Waals surface area (Å²) in [5.74, 6) is 1.16. The number of allylic oxidation sites excluding steroid dienone is 8. The van der Waals surface area contributed by atoms with E-state index in [1.54, 1.807) is 0 Å². The lowest BCUT2D eigenvalue weighted by molar-refractivity contribution is -0.577. The first kappa shape index (κ1) is 60.7. The summed E-state index contributed by atoms with van der Waals surface area (Å²) in [4.78, 5) is 27.4. The number of anilines is 1. The summed E-state index contributed by atoms with van der Waals surface area (Å²) in [5.41, 5.74) is 9.08. The van der Waals surface area contributed by atoms with Crippen LogP contribution in [0.5, 0.6) is 0 Å². The SMILES string of the molecule is C[C@@H]1C(OCCCCCCN2C(=CC=C3CCCC(C=CC4=[N+](CCCCCCOC5O[C@H]6O[C@]7(C)CC[C@@H]8[C@@H](C)CC[C@H]([C@@H]5C)[C@]68OO7)c5ccccc5C4(C)C)=C3Cl)C(C)(C)c3ccccc32)O[C@H]2O[C@]3(C)CC[C@@H]4[C@@H](C)CC[C@H]1[C@]24OO3. The van der Waals surface area contributed by atoms with Crippen molar-refractivity contribution in [3.8, 4) is 0 Å². The summed E-state index contributed by atoms with van der Waals surface area (Å²) in [6.07, 6.45) is 27.7. The molecule has 15 rings (SSSR count). The van der Waals surface area contributed by atoms with Crippen molar-refractivity contribution in [2.75, 3.05) is 31.2 Å². The molecule has 2 saturated carbocycles. The largest absolute Gasteiger partial charge is 0.352 e. The summed E-state index contributed by atoms with van der Waals surface area (Å²) < 4.78 is 42.4. The van der Waals surface area contributed by atoms with E-state index < -0.39 is 35.4 Å². The van der Waals surface area contributed by atoms with Crippen LogP contribution in [0.2, 0.25) is 0 Å². The van der Waals surface area contributed by atoms with E-state index in [0.717, 1.165) is 127 Å². The van der Waals surface area contributed by atoms with E-state index in [-0.39, 0.29) is 47.1 Å². The van der Waals surface area contributed by atoms with Crippen LogP contribution in [0, 0.1) is 47.3 Å². The van der Waals surface area contributed by atoms with Crippen LogP contribution in [0.1, 0.15) is 202 Å².